The Morgan fingerprint density at radius 2 is 2.17 bits per heavy atom. The zero-order chi connectivity index (χ0) is 17.7. The first-order valence-corrected chi connectivity index (χ1v) is 8.40. The molecule has 0 spiro atoms. The van der Waals surface area contributed by atoms with Crippen LogP contribution in [0.2, 0.25) is 5.02 Å². The van der Waals surface area contributed by atoms with Gasteiger partial charge in [-0.15, -0.1) is 0 Å². The van der Waals surface area contributed by atoms with Crippen molar-refractivity contribution in [3.05, 3.63) is 29.0 Å². The number of amides is 3. The molecule has 1 heterocycles. The highest BCUT2D eigenvalue weighted by Crippen LogP contribution is 2.21. The first-order chi connectivity index (χ1) is 11.4. The van der Waals surface area contributed by atoms with E-state index in [2.05, 4.69) is 16.4 Å². The summed E-state index contributed by atoms with van der Waals surface area (Å²) in [5.74, 6) is -1.22. The number of carbonyl (C=O) groups is 2. The van der Waals surface area contributed by atoms with Crippen LogP contribution in [-0.2, 0) is 4.79 Å². The zero-order valence-electron chi connectivity index (χ0n) is 13.6. The topological polar surface area (TPSA) is 89.1 Å². The summed E-state index contributed by atoms with van der Waals surface area (Å²) in [6.45, 7) is 3.42. The highest BCUT2D eigenvalue weighted by molar-refractivity contribution is 6.30. The number of nitrogens with one attached hydrogen (secondary N) is 2. The van der Waals surface area contributed by atoms with Crippen LogP contribution < -0.4 is 16.4 Å². The number of hydrogen-bond donors (Lipinski definition) is 3. The SMILES string of the molecule is CCCNC(=O)N1C[C@H]([NH3+])C[C@H](C(=O)Nc2ccc(Cl)c(F)c2)C1. The molecule has 0 bridgehead atoms. The molecule has 5 N–H and O–H groups in total. The van der Waals surface area contributed by atoms with Crippen LogP contribution in [0.4, 0.5) is 14.9 Å². The van der Waals surface area contributed by atoms with E-state index in [-0.39, 0.29) is 28.9 Å². The number of carbonyl (C=O) groups excluding carboxylic acids is 2. The number of halogens is 2. The van der Waals surface area contributed by atoms with Gasteiger partial charge in [0.15, 0.2) is 0 Å². The first-order valence-electron chi connectivity index (χ1n) is 8.02. The van der Waals surface area contributed by atoms with Crippen LogP contribution in [0.5, 0.6) is 0 Å². The molecule has 1 aliphatic heterocycles. The number of nitrogens with zero attached hydrogens (tertiary/aromatic N) is 1. The molecule has 24 heavy (non-hydrogen) atoms. The summed E-state index contributed by atoms with van der Waals surface area (Å²) in [6, 6.07) is 3.90. The van der Waals surface area contributed by atoms with Crippen molar-refractivity contribution in [1.82, 2.24) is 10.2 Å². The van der Waals surface area contributed by atoms with E-state index in [0.29, 0.717) is 31.7 Å². The summed E-state index contributed by atoms with van der Waals surface area (Å²) in [5, 5.41) is 5.49. The maximum Gasteiger partial charge on any atom is 0.317 e. The summed E-state index contributed by atoms with van der Waals surface area (Å²) in [7, 11) is 0. The van der Waals surface area contributed by atoms with Crippen molar-refractivity contribution < 1.29 is 19.7 Å². The summed E-state index contributed by atoms with van der Waals surface area (Å²) < 4.78 is 13.5. The minimum atomic E-state index is -0.589. The van der Waals surface area contributed by atoms with Crippen LogP contribution in [0.25, 0.3) is 0 Å². The van der Waals surface area contributed by atoms with Gasteiger partial charge in [0.25, 0.3) is 0 Å². The van der Waals surface area contributed by atoms with Gasteiger partial charge in [-0.2, -0.15) is 0 Å². The van der Waals surface area contributed by atoms with Crippen LogP contribution in [0, 0.1) is 11.7 Å². The minimum Gasteiger partial charge on any atom is -0.354 e. The van der Waals surface area contributed by atoms with Gasteiger partial charge in [0, 0.05) is 25.2 Å². The Labute approximate surface area is 145 Å². The van der Waals surface area contributed by atoms with Crippen molar-refractivity contribution in [3.63, 3.8) is 0 Å². The van der Waals surface area contributed by atoms with E-state index >= 15 is 0 Å². The fourth-order valence-corrected chi connectivity index (χ4v) is 2.84. The molecule has 1 fully saturated rings. The zero-order valence-corrected chi connectivity index (χ0v) is 14.4. The number of benzene rings is 1. The Hall–Kier alpha value is -1.86. The van der Waals surface area contributed by atoms with Crippen molar-refractivity contribution in [2.24, 2.45) is 5.92 Å². The van der Waals surface area contributed by atoms with Crippen molar-refractivity contribution in [3.8, 4) is 0 Å². The molecular weight excluding hydrogens is 335 g/mol. The maximum atomic E-state index is 13.5. The second kappa shape index (κ2) is 8.30. The quantitative estimate of drug-likeness (QED) is 0.761. The van der Waals surface area contributed by atoms with Gasteiger partial charge in [-0.1, -0.05) is 18.5 Å². The van der Waals surface area contributed by atoms with Crippen LogP contribution >= 0.6 is 11.6 Å². The number of hydrogen-bond acceptors (Lipinski definition) is 2. The van der Waals surface area contributed by atoms with Gasteiger partial charge in [0.1, 0.15) is 11.9 Å². The molecule has 8 heteroatoms. The number of urea groups is 1. The highest BCUT2D eigenvalue weighted by Gasteiger charge is 2.34. The average molecular weight is 358 g/mol. The van der Waals surface area contributed by atoms with Gasteiger partial charge in [-0.3, -0.25) is 4.79 Å². The normalized spacial score (nSPS) is 20.6. The Kier molecular flexibility index (Phi) is 6.39. The van der Waals surface area contributed by atoms with Crippen LogP contribution in [-0.4, -0.2) is 42.5 Å². The lowest BCUT2D eigenvalue weighted by atomic mass is 9.94. The smallest absolute Gasteiger partial charge is 0.317 e. The maximum absolute atomic E-state index is 13.5. The van der Waals surface area contributed by atoms with Gasteiger partial charge < -0.3 is 21.3 Å². The van der Waals surface area contributed by atoms with Crippen LogP contribution in [0.15, 0.2) is 18.2 Å². The molecule has 1 aromatic carbocycles. The van der Waals surface area contributed by atoms with Crippen molar-refractivity contribution in [2.45, 2.75) is 25.8 Å². The molecule has 1 aliphatic rings. The lowest BCUT2D eigenvalue weighted by molar-refractivity contribution is -0.427. The summed E-state index contributed by atoms with van der Waals surface area (Å²) in [4.78, 5) is 26.2. The standard InChI is InChI=1S/C16H22ClFN4O2/c1-2-5-20-16(24)22-8-10(6-11(19)9-22)15(23)21-12-3-4-13(17)14(18)7-12/h3-4,7,10-11H,2,5-6,8-9,19H2,1H3,(H,20,24)(H,21,23)/p+1/t10-,11+/m0/s1. The van der Waals surface area contributed by atoms with Crippen molar-refractivity contribution in [1.29, 1.82) is 0 Å². The van der Waals surface area contributed by atoms with E-state index in [9.17, 15) is 14.0 Å². The molecular formula is C16H23ClFN4O2+. The molecule has 0 unspecified atom stereocenters. The minimum absolute atomic E-state index is 0.00209. The number of quaternary nitrogens is 1. The Bertz CT molecular complexity index is 614. The predicted octanol–water partition coefficient (Wildman–Crippen LogP) is 1.47. The van der Waals surface area contributed by atoms with E-state index < -0.39 is 5.82 Å². The molecule has 132 valence electrons. The molecule has 2 rings (SSSR count). The van der Waals surface area contributed by atoms with Gasteiger partial charge >= 0.3 is 6.03 Å². The van der Waals surface area contributed by atoms with E-state index in [0.717, 1.165) is 6.42 Å². The molecule has 1 saturated heterocycles. The Balaban J connectivity index is 1.99. The molecule has 6 nitrogen and oxygen atoms in total. The number of piperidine rings is 1. The van der Waals surface area contributed by atoms with Crippen LogP contribution in [0.3, 0.4) is 0 Å². The summed E-state index contributed by atoms with van der Waals surface area (Å²) in [5.41, 5.74) is 4.34. The predicted molar refractivity (Wildman–Crippen MR) is 90.1 cm³/mol. The van der Waals surface area contributed by atoms with E-state index in [1.165, 1.54) is 12.1 Å². The van der Waals surface area contributed by atoms with Gasteiger partial charge in [0.2, 0.25) is 5.91 Å². The van der Waals surface area contributed by atoms with E-state index in [4.69, 9.17) is 11.6 Å². The molecule has 0 radical (unpaired) electrons. The molecule has 0 aromatic heterocycles. The third-order valence-corrected chi connectivity index (χ3v) is 4.22. The summed E-state index contributed by atoms with van der Waals surface area (Å²) in [6.07, 6.45) is 1.43. The second-order valence-electron chi connectivity index (χ2n) is 6.05. The second-order valence-corrected chi connectivity index (χ2v) is 6.46. The molecule has 2 atom stereocenters. The lowest BCUT2D eigenvalue weighted by Gasteiger charge is -2.33. The summed E-state index contributed by atoms with van der Waals surface area (Å²) >= 11 is 5.63. The third kappa shape index (κ3) is 4.82. The number of likely N-dealkylation sites (tertiary alicyclic amines) is 1. The molecule has 0 aliphatic carbocycles. The van der Waals surface area contributed by atoms with E-state index in [1.54, 1.807) is 11.0 Å². The highest BCUT2D eigenvalue weighted by atomic mass is 35.5. The van der Waals surface area contributed by atoms with Gasteiger partial charge in [-0.05, 0) is 24.6 Å². The lowest BCUT2D eigenvalue weighted by Crippen LogP contribution is -2.70. The molecule has 0 saturated carbocycles. The third-order valence-electron chi connectivity index (χ3n) is 3.91. The number of anilines is 1. The fraction of sp³-hybridized carbons (Fsp3) is 0.500. The van der Waals surface area contributed by atoms with Gasteiger partial charge in [-0.25, -0.2) is 9.18 Å². The number of rotatable bonds is 4. The monoisotopic (exact) mass is 357 g/mol. The first kappa shape index (κ1) is 18.5. The molecule has 1 aromatic rings. The van der Waals surface area contributed by atoms with Crippen molar-refractivity contribution in [2.75, 3.05) is 25.0 Å². The molecule has 3 amide bonds. The van der Waals surface area contributed by atoms with E-state index in [1.807, 2.05) is 6.92 Å². The van der Waals surface area contributed by atoms with Crippen LogP contribution in [0.1, 0.15) is 19.8 Å². The Morgan fingerprint density at radius 1 is 1.42 bits per heavy atom. The fourth-order valence-electron chi connectivity index (χ4n) is 2.72. The Morgan fingerprint density at radius 3 is 2.83 bits per heavy atom. The average Bonchev–Trinajstić information content (AvgIpc) is 2.55. The van der Waals surface area contributed by atoms with Gasteiger partial charge in [0.05, 0.1) is 17.5 Å². The van der Waals surface area contributed by atoms with Crippen molar-refractivity contribution >= 4 is 29.2 Å². The largest absolute Gasteiger partial charge is 0.354 e.